The Morgan fingerprint density at radius 1 is 0.786 bits per heavy atom. The molecular weight excluding hydrogens is 391 g/mol. The molecule has 28 heavy (non-hydrogen) atoms. The summed E-state index contributed by atoms with van der Waals surface area (Å²) in [5.74, 6) is -0.363. The molecule has 0 atom stereocenters. The van der Waals surface area contributed by atoms with Gasteiger partial charge in [-0.2, -0.15) is 24.5 Å². The first-order valence-electron chi connectivity index (χ1n) is 8.01. The third-order valence-corrected chi connectivity index (χ3v) is 4.37. The van der Waals surface area contributed by atoms with Crippen LogP contribution in [0.15, 0.2) is 65.4 Å². The molecule has 0 saturated carbocycles. The Hall–Kier alpha value is -3.33. The topological polar surface area (TPSA) is 70.2 Å². The highest BCUT2D eigenvalue weighted by Gasteiger charge is 2.33. The van der Waals surface area contributed by atoms with Crippen LogP contribution in [0.2, 0.25) is 0 Å². The summed E-state index contributed by atoms with van der Waals surface area (Å²) in [6.07, 6.45) is -4.60. The van der Waals surface area contributed by atoms with Crippen molar-refractivity contribution in [2.45, 2.75) is 6.18 Å². The first-order chi connectivity index (χ1) is 13.3. The van der Waals surface area contributed by atoms with Crippen LogP contribution in [0.1, 0.15) is 15.9 Å². The summed E-state index contributed by atoms with van der Waals surface area (Å²) in [7, 11) is 0. The third kappa shape index (κ3) is 4.68. The molecule has 0 spiro atoms. The molecule has 3 N–H and O–H groups in total. The Balaban J connectivity index is 1.74. The molecule has 1 aromatic heterocycles. The number of hydrogen-bond donors (Lipinski definition) is 3. The summed E-state index contributed by atoms with van der Waals surface area (Å²) < 4.78 is 39.1. The van der Waals surface area contributed by atoms with E-state index < -0.39 is 17.8 Å². The lowest BCUT2D eigenvalue weighted by molar-refractivity contribution is -0.136. The van der Waals surface area contributed by atoms with Gasteiger partial charge in [-0.25, -0.2) is 4.79 Å². The van der Waals surface area contributed by atoms with Gasteiger partial charge in [-0.05, 0) is 35.7 Å². The maximum atomic E-state index is 13.0. The number of carbonyl (C=O) groups excluding carboxylic acids is 2. The number of amides is 3. The smallest absolute Gasteiger partial charge is 0.320 e. The van der Waals surface area contributed by atoms with Crippen LogP contribution in [-0.4, -0.2) is 11.9 Å². The average Bonchev–Trinajstić information content (AvgIpc) is 3.18. The first-order valence-corrected chi connectivity index (χ1v) is 8.95. The molecule has 3 aromatic rings. The number of halogens is 3. The van der Waals surface area contributed by atoms with Crippen molar-refractivity contribution in [2.24, 2.45) is 0 Å². The van der Waals surface area contributed by atoms with Crippen molar-refractivity contribution in [2.75, 3.05) is 16.0 Å². The predicted molar refractivity (Wildman–Crippen MR) is 103 cm³/mol. The fourth-order valence-electron chi connectivity index (χ4n) is 2.40. The highest BCUT2D eigenvalue weighted by atomic mass is 32.1. The van der Waals surface area contributed by atoms with E-state index in [0.29, 0.717) is 11.3 Å². The lowest BCUT2D eigenvalue weighted by Crippen LogP contribution is -2.23. The van der Waals surface area contributed by atoms with E-state index in [0.717, 1.165) is 12.1 Å². The summed E-state index contributed by atoms with van der Waals surface area (Å²) in [6, 6.07) is 11.8. The Kier molecular flexibility index (Phi) is 5.65. The van der Waals surface area contributed by atoms with E-state index in [1.54, 1.807) is 35.0 Å². The standard InChI is InChI=1S/C19H14F3N3O2S/c20-19(21,22)13-5-1-2-6-14(13)24-18(27)25-16-8-4-3-7-15(16)23-17(26)12-9-10-28-11-12/h1-11H,(H,23,26)(H2,24,25,27). The Labute approximate surface area is 162 Å². The van der Waals surface area contributed by atoms with E-state index >= 15 is 0 Å². The minimum atomic E-state index is -4.60. The quantitative estimate of drug-likeness (QED) is 0.524. The maximum absolute atomic E-state index is 13.0. The number of urea groups is 1. The van der Waals surface area contributed by atoms with Crippen LogP contribution in [-0.2, 0) is 6.18 Å². The lowest BCUT2D eigenvalue weighted by Gasteiger charge is -2.15. The van der Waals surface area contributed by atoms with Crippen LogP contribution < -0.4 is 16.0 Å². The average molecular weight is 405 g/mol. The molecule has 0 saturated heterocycles. The van der Waals surface area contributed by atoms with Gasteiger partial charge < -0.3 is 16.0 Å². The molecule has 0 bridgehead atoms. The molecule has 144 valence electrons. The number of carbonyl (C=O) groups is 2. The molecule has 3 rings (SSSR count). The van der Waals surface area contributed by atoms with Gasteiger partial charge in [-0.3, -0.25) is 4.79 Å². The number of alkyl halides is 3. The zero-order valence-electron chi connectivity index (χ0n) is 14.2. The van der Waals surface area contributed by atoms with Crippen molar-refractivity contribution in [3.05, 3.63) is 76.5 Å². The molecule has 0 aliphatic heterocycles. The Morgan fingerprint density at radius 3 is 1.96 bits per heavy atom. The van der Waals surface area contributed by atoms with Crippen LogP contribution in [0.25, 0.3) is 0 Å². The normalized spacial score (nSPS) is 11.0. The van der Waals surface area contributed by atoms with Crippen molar-refractivity contribution in [3.63, 3.8) is 0 Å². The molecule has 0 fully saturated rings. The second-order valence-electron chi connectivity index (χ2n) is 5.63. The minimum Gasteiger partial charge on any atom is -0.320 e. The SMILES string of the molecule is O=C(Nc1ccccc1NC(=O)c1ccsc1)Nc1ccccc1C(F)(F)F. The van der Waals surface area contributed by atoms with Crippen molar-refractivity contribution < 1.29 is 22.8 Å². The van der Waals surface area contributed by atoms with Gasteiger partial charge in [0, 0.05) is 5.38 Å². The van der Waals surface area contributed by atoms with E-state index in [-0.39, 0.29) is 17.3 Å². The molecular formula is C19H14F3N3O2S. The molecule has 5 nitrogen and oxygen atoms in total. The van der Waals surface area contributed by atoms with Crippen LogP contribution in [0.3, 0.4) is 0 Å². The van der Waals surface area contributed by atoms with Gasteiger partial charge in [0.1, 0.15) is 0 Å². The molecule has 9 heteroatoms. The predicted octanol–water partition coefficient (Wildman–Crippen LogP) is 5.66. The number of benzene rings is 2. The monoisotopic (exact) mass is 405 g/mol. The van der Waals surface area contributed by atoms with E-state index in [1.165, 1.54) is 29.5 Å². The molecule has 0 unspecified atom stereocenters. The van der Waals surface area contributed by atoms with Crippen LogP contribution in [0, 0.1) is 0 Å². The number of thiophene rings is 1. The first kappa shape index (κ1) is 19.4. The van der Waals surface area contributed by atoms with Crippen molar-refractivity contribution in [1.29, 1.82) is 0 Å². The van der Waals surface area contributed by atoms with E-state index in [9.17, 15) is 22.8 Å². The number of para-hydroxylation sites is 3. The summed E-state index contributed by atoms with van der Waals surface area (Å²) in [4.78, 5) is 24.4. The van der Waals surface area contributed by atoms with Crippen LogP contribution in [0.4, 0.5) is 35.0 Å². The van der Waals surface area contributed by atoms with Gasteiger partial charge in [0.25, 0.3) is 5.91 Å². The van der Waals surface area contributed by atoms with Crippen molar-refractivity contribution in [3.8, 4) is 0 Å². The minimum absolute atomic E-state index is 0.244. The Bertz CT molecular complexity index is 988. The second-order valence-corrected chi connectivity index (χ2v) is 6.41. The highest BCUT2D eigenvalue weighted by Crippen LogP contribution is 2.34. The summed E-state index contributed by atoms with van der Waals surface area (Å²) in [6.45, 7) is 0. The Morgan fingerprint density at radius 2 is 1.36 bits per heavy atom. The molecule has 2 aromatic carbocycles. The number of nitrogens with one attached hydrogen (secondary N) is 3. The summed E-state index contributed by atoms with van der Waals surface area (Å²) in [5, 5.41) is 10.7. The van der Waals surface area contributed by atoms with E-state index in [2.05, 4.69) is 16.0 Å². The molecule has 0 aliphatic rings. The lowest BCUT2D eigenvalue weighted by atomic mass is 10.1. The molecule has 0 aliphatic carbocycles. The third-order valence-electron chi connectivity index (χ3n) is 3.69. The molecule has 0 radical (unpaired) electrons. The maximum Gasteiger partial charge on any atom is 0.418 e. The fourth-order valence-corrected chi connectivity index (χ4v) is 3.04. The second kappa shape index (κ2) is 8.13. The number of hydrogen-bond acceptors (Lipinski definition) is 3. The van der Waals surface area contributed by atoms with Crippen molar-refractivity contribution >= 4 is 40.3 Å². The van der Waals surface area contributed by atoms with Crippen molar-refractivity contribution in [1.82, 2.24) is 0 Å². The van der Waals surface area contributed by atoms with Gasteiger partial charge in [0.05, 0.1) is 28.2 Å². The fraction of sp³-hybridized carbons (Fsp3) is 0.0526. The van der Waals surface area contributed by atoms with Crippen LogP contribution in [0.5, 0.6) is 0 Å². The van der Waals surface area contributed by atoms with Gasteiger partial charge in [0.15, 0.2) is 0 Å². The zero-order chi connectivity index (χ0) is 20.1. The van der Waals surface area contributed by atoms with Gasteiger partial charge in [0.2, 0.25) is 0 Å². The summed E-state index contributed by atoms with van der Waals surface area (Å²) in [5.41, 5.74) is -0.300. The zero-order valence-corrected chi connectivity index (χ0v) is 15.0. The van der Waals surface area contributed by atoms with Gasteiger partial charge in [-0.15, -0.1) is 0 Å². The van der Waals surface area contributed by atoms with E-state index in [1.807, 2.05) is 0 Å². The number of rotatable bonds is 4. The van der Waals surface area contributed by atoms with Crippen LogP contribution >= 0.6 is 11.3 Å². The molecule has 3 amide bonds. The number of anilines is 3. The van der Waals surface area contributed by atoms with Gasteiger partial charge >= 0.3 is 12.2 Å². The molecule has 1 heterocycles. The summed E-state index contributed by atoms with van der Waals surface area (Å²) >= 11 is 1.37. The highest BCUT2D eigenvalue weighted by molar-refractivity contribution is 7.08. The van der Waals surface area contributed by atoms with Gasteiger partial charge in [-0.1, -0.05) is 24.3 Å². The largest absolute Gasteiger partial charge is 0.418 e. The van der Waals surface area contributed by atoms with E-state index in [4.69, 9.17) is 0 Å².